The first-order valence-corrected chi connectivity index (χ1v) is 3.90. The van der Waals surface area contributed by atoms with Crippen molar-refractivity contribution in [1.82, 2.24) is 0 Å². The van der Waals surface area contributed by atoms with E-state index in [1.165, 1.54) is 13.2 Å². The van der Waals surface area contributed by atoms with E-state index in [-0.39, 0.29) is 22.9 Å². The average molecular weight is 208 g/mol. The molecule has 2 N–H and O–H groups in total. The number of methoxy groups -OCH3 is 1. The summed E-state index contributed by atoms with van der Waals surface area (Å²) in [6.45, 7) is -0.105. The minimum absolute atomic E-state index is 0.0156. The zero-order valence-electron chi connectivity index (χ0n) is 6.90. The van der Waals surface area contributed by atoms with Gasteiger partial charge in [0.05, 0.1) is 12.1 Å². The van der Waals surface area contributed by atoms with Gasteiger partial charge in [0.1, 0.15) is 0 Å². The van der Waals surface area contributed by atoms with Crippen LogP contribution in [0.15, 0.2) is 6.07 Å². The van der Waals surface area contributed by atoms with Gasteiger partial charge in [-0.15, -0.1) is 0 Å². The number of benzene rings is 1. The number of hydrogen-bond donors (Lipinski definition) is 1. The highest BCUT2D eigenvalue weighted by Crippen LogP contribution is 2.31. The second kappa shape index (κ2) is 3.89. The van der Waals surface area contributed by atoms with Crippen molar-refractivity contribution >= 4 is 11.6 Å². The van der Waals surface area contributed by atoms with Gasteiger partial charge < -0.3 is 10.5 Å². The van der Waals surface area contributed by atoms with E-state index < -0.39 is 11.6 Å². The van der Waals surface area contributed by atoms with Crippen molar-refractivity contribution in [3.8, 4) is 5.75 Å². The highest BCUT2D eigenvalue weighted by Gasteiger charge is 2.16. The van der Waals surface area contributed by atoms with Gasteiger partial charge >= 0.3 is 0 Å². The van der Waals surface area contributed by atoms with Crippen LogP contribution in [0.25, 0.3) is 0 Å². The van der Waals surface area contributed by atoms with Gasteiger partial charge in [-0.05, 0) is 6.07 Å². The molecule has 2 nitrogen and oxygen atoms in total. The maximum atomic E-state index is 13.1. The first kappa shape index (κ1) is 10.2. The van der Waals surface area contributed by atoms with Gasteiger partial charge in [-0.2, -0.15) is 4.39 Å². The number of nitrogens with two attached hydrogens (primary N) is 1. The summed E-state index contributed by atoms with van der Waals surface area (Å²) < 4.78 is 30.7. The molecule has 0 aliphatic rings. The fraction of sp³-hybridized carbons (Fsp3) is 0.250. The third-order valence-electron chi connectivity index (χ3n) is 1.62. The van der Waals surface area contributed by atoms with Gasteiger partial charge in [0, 0.05) is 12.1 Å². The Balaban J connectivity index is 3.37. The Morgan fingerprint density at radius 1 is 1.46 bits per heavy atom. The van der Waals surface area contributed by atoms with Crippen LogP contribution >= 0.6 is 11.6 Å². The van der Waals surface area contributed by atoms with Crippen LogP contribution in [0.2, 0.25) is 5.02 Å². The highest BCUT2D eigenvalue weighted by molar-refractivity contribution is 6.32. The highest BCUT2D eigenvalue weighted by atomic mass is 35.5. The Morgan fingerprint density at radius 3 is 2.54 bits per heavy atom. The molecule has 0 aromatic heterocycles. The van der Waals surface area contributed by atoms with Crippen LogP contribution in [0.3, 0.4) is 0 Å². The van der Waals surface area contributed by atoms with E-state index in [0.29, 0.717) is 0 Å². The molecule has 0 aliphatic carbocycles. The maximum Gasteiger partial charge on any atom is 0.202 e. The van der Waals surface area contributed by atoms with Crippen LogP contribution in [0, 0.1) is 11.6 Å². The number of halogens is 3. The smallest absolute Gasteiger partial charge is 0.202 e. The fourth-order valence-corrected chi connectivity index (χ4v) is 1.25. The lowest BCUT2D eigenvalue weighted by Crippen LogP contribution is -2.04. The largest absolute Gasteiger partial charge is 0.492 e. The monoisotopic (exact) mass is 207 g/mol. The third kappa shape index (κ3) is 1.73. The van der Waals surface area contributed by atoms with Crippen molar-refractivity contribution in [2.24, 2.45) is 5.73 Å². The molecule has 5 heteroatoms. The molecule has 1 aromatic rings. The van der Waals surface area contributed by atoms with E-state index in [1.54, 1.807) is 0 Å². The summed E-state index contributed by atoms with van der Waals surface area (Å²) in [5.74, 6) is -2.41. The topological polar surface area (TPSA) is 35.2 Å². The number of ether oxygens (including phenoxy) is 1. The molecule has 0 spiro atoms. The zero-order valence-corrected chi connectivity index (χ0v) is 7.66. The predicted molar refractivity (Wildman–Crippen MR) is 45.8 cm³/mol. The van der Waals surface area contributed by atoms with Crippen molar-refractivity contribution < 1.29 is 13.5 Å². The molecule has 0 radical (unpaired) electrons. The lowest BCUT2D eigenvalue weighted by molar-refractivity contribution is 0.370. The summed E-state index contributed by atoms with van der Waals surface area (Å²) in [5.41, 5.74) is 5.20. The number of hydrogen-bond acceptors (Lipinski definition) is 2. The van der Waals surface area contributed by atoms with E-state index in [2.05, 4.69) is 4.74 Å². The summed E-state index contributed by atoms with van der Waals surface area (Å²) in [5, 5.41) is 0.0156. The summed E-state index contributed by atoms with van der Waals surface area (Å²) >= 11 is 5.60. The molecule has 13 heavy (non-hydrogen) atoms. The predicted octanol–water partition coefficient (Wildman–Crippen LogP) is 2.09. The van der Waals surface area contributed by atoms with E-state index in [9.17, 15) is 8.78 Å². The molecule has 1 aromatic carbocycles. The van der Waals surface area contributed by atoms with Crippen LogP contribution in [-0.2, 0) is 6.54 Å². The van der Waals surface area contributed by atoms with Gasteiger partial charge in [0.2, 0.25) is 5.82 Å². The van der Waals surface area contributed by atoms with Gasteiger partial charge in [0.25, 0.3) is 0 Å². The molecule has 0 saturated heterocycles. The lowest BCUT2D eigenvalue weighted by atomic mass is 10.2. The molecule has 0 heterocycles. The van der Waals surface area contributed by atoms with E-state index in [4.69, 9.17) is 17.3 Å². The van der Waals surface area contributed by atoms with Crippen molar-refractivity contribution in [2.45, 2.75) is 6.54 Å². The average Bonchev–Trinajstić information content (AvgIpc) is 2.12. The molecule has 0 unspecified atom stereocenters. The van der Waals surface area contributed by atoms with Crippen molar-refractivity contribution in [3.05, 3.63) is 28.3 Å². The summed E-state index contributed by atoms with van der Waals surface area (Å²) in [4.78, 5) is 0. The van der Waals surface area contributed by atoms with Gasteiger partial charge in [-0.1, -0.05) is 11.6 Å². The minimum atomic E-state index is -1.10. The van der Waals surface area contributed by atoms with Crippen LogP contribution < -0.4 is 10.5 Å². The SMILES string of the molecule is COc1c(Cl)cc(CN)c(F)c1F. The molecule has 0 bridgehead atoms. The minimum Gasteiger partial charge on any atom is -0.492 e. The van der Waals surface area contributed by atoms with Crippen molar-refractivity contribution in [2.75, 3.05) is 7.11 Å². The summed E-state index contributed by atoms with van der Waals surface area (Å²) in [6.07, 6.45) is 0. The lowest BCUT2D eigenvalue weighted by Gasteiger charge is -2.07. The van der Waals surface area contributed by atoms with Gasteiger partial charge in [-0.25, -0.2) is 4.39 Å². The standard InChI is InChI=1S/C8H8ClF2NO/c1-13-8-5(9)2-4(3-12)6(10)7(8)11/h2H,3,12H2,1H3. The molecular weight excluding hydrogens is 200 g/mol. The molecular formula is C8H8ClF2NO. The Hall–Kier alpha value is -0.870. The molecule has 0 amide bonds. The zero-order chi connectivity index (χ0) is 10.0. The third-order valence-corrected chi connectivity index (χ3v) is 1.90. The first-order chi connectivity index (χ1) is 6.11. The Bertz CT molecular complexity index is 330. The van der Waals surface area contributed by atoms with Crippen LogP contribution in [0.1, 0.15) is 5.56 Å². The van der Waals surface area contributed by atoms with Crippen LogP contribution in [-0.4, -0.2) is 7.11 Å². The Kier molecular flexibility index (Phi) is 3.06. The van der Waals surface area contributed by atoms with E-state index >= 15 is 0 Å². The van der Waals surface area contributed by atoms with Crippen LogP contribution in [0.5, 0.6) is 5.75 Å². The maximum absolute atomic E-state index is 13.1. The number of rotatable bonds is 2. The Labute approximate surface area is 79.2 Å². The molecule has 0 aliphatic heterocycles. The molecule has 1 rings (SSSR count). The van der Waals surface area contributed by atoms with Crippen molar-refractivity contribution in [3.63, 3.8) is 0 Å². The van der Waals surface area contributed by atoms with E-state index in [1.807, 2.05) is 0 Å². The second-order valence-corrected chi connectivity index (χ2v) is 2.79. The molecule has 72 valence electrons. The fourth-order valence-electron chi connectivity index (χ4n) is 0.963. The van der Waals surface area contributed by atoms with Crippen molar-refractivity contribution in [1.29, 1.82) is 0 Å². The summed E-state index contributed by atoms with van der Waals surface area (Å²) in [6, 6.07) is 1.25. The van der Waals surface area contributed by atoms with Gasteiger partial charge in [0.15, 0.2) is 11.6 Å². The molecule has 0 atom stereocenters. The summed E-state index contributed by atoms with van der Waals surface area (Å²) in [7, 11) is 1.21. The molecule has 0 saturated carbocycles. The second-order valence-electron chi connectivity index (χ2n) is 2.38. The normalized spacial score (nSPS) is 10.2. The Morgan fingerprint density at radius 2 is 2.08 bits per heavy atom. The first-order valence-electron chi connectivity index (χ1n) is 3.52. The van der Waals surface area contributed by atoms with E-state index in [0.717, 1.165) is 0 Å². The van der Waals surface area contributed by atoms with Gasteiger partial charge in [-0.3, -0.25) is 0 Å². The van der Waals surface area contributed by atoms with Crippen LogP contribution in [0.4, 0.5) is 8.78 Å². The molecule has 0 fully saturated rings. The quantitative estimate of drug-likeness (QED) is 0.754.